The second-order valence-corrected chi connectivity index (χ2v) is 5.90. The number of alkyl halides is 2. The number of nitrogens with zero attached hydrogens (tertiary/aromatic N) is 3. The maximum Gasteiger partial charge on any atom is 0.320 e. The van der Waals surface area contributed by atoms with E-state index in [-0.39, 0.29) is 13.2 Å². The van der Waals surface area contributed by atoms with Crippen LogP contribution in [0.4, 0.5) is 8.78 Å². The molecular weight excluding hydrogens is 324 g/mol. The maximum atomic E-state index is 13.5. The summed E-state index contributed by atoms with van der Waals surface area (Å²) in [5.41, 5.74) is 2.16. The number of hydrogen-bond acceptors (Lipinski definition) is 3. The number of halogens is 2. The summed E-state index contributed by atoms with van der Waals surface area (Å²) in [6.45, 7) is -1.32. The van der Waals surface area contributed by atoms with E-state index < -0.39 is 6.55 Å². The highest BCUT2D eigenvalue weighted by Crippen LogP contribution is 2.24. The van der Waals surface area contributed by atoms with Crippen LogP contribution >= 0.6 is 0 Å². The largest absolute Gasteiger partial charge is 0.395 e. The van der Waals surface area contributed by atoms with Crippen LogP contribution in [0.15, 0.2) is 54.6 Å². The van der Waals surface area contributed by atoms with Gasteiger partial charge in [-0.25, -0.2) is 4.98 Å². The lowest BCUT2D eigenvalue weighted by molar-refractivity contribution is 0.0677. The first-order valence-corrected chi connectivity index (χ1v) is 8.30. The minimum Gasteiger partial charge on any atom is -0.395 e. The number of fused-ring (bicyclic) bond motifs is 1. The van der Waals surface area contributed by atoms with Crippen molar-refractivity contribution in [3.8, 4) is 0 Å². The third-order valence-electron chi connectivity index (χ3n) is 4.20. The van der Waals surface area contributed by atoms with Crippen LogP contribution in [0, 0.1) is 0 Å². The van der Waals surface area contributed by atoms with Gasteiger partial charge in [-0.15, -0.1) is 0 Å². The molecule has 132 valence electrons. The molecule has 0 atom stereocenters. The third-order valence-corrected chi connectivity index (χ3v) is 4.20. The van der Waals surface area contributed by atoms with Gasteiger partial charge >= 0.3 is 6.55 Å². The Bertz CT molecular complexity index is 805. The molecule has 0 saturated carbocycles. The van der Waals surface area contributed by atoms with Crippen LogP contribution in [-0.4, -0.2) is 39.3 Å². The summed E-state index contributed by atoms with van der Waals surface area (Å²) < 4.78 is 28.0. The molecule has 1 heterocycles. The average molecular weight is 345 g/mol. The van der Waals surface area contributed by atoms with Crippen LogP contribution in [-0.2, 0) is 13.0 Å². The van der Waals surface area contributed by atoms with Gasteiger partial charge in [-0.05, 0) is 24.1 Å². The minimum atomic E-state index is -2.65. The molecule has 0 unspecified atom stereocenters. The molecule has 4 nitrogen and oxygen atoms in total. The fourth-order valence-corrected chi connectivity index (χ4v) is 2.97. The van der Waals surface area contributed by atoms with Crippen LogP contribution in [0.1, 0.15) is 17.9 Å². The fourth-order valence-electron chi connectivity index (χ4n) is 2.97. The second-order valence-electron chi connectivity index (χ2n) is 5.90. The van der Waals surface area contributed by atoms with E-state index in [9.17, 15) is 13.9 Å². The van der Waals surface area contributed by atoms with E-state index in [0.717, 1.165) is 11.0 Å². The van der Waals surface area contributed by atoms with Crippen LogP contribution < -0.4 is 0 Å². The summed E-state index contributed by atoms with van der Waals surface area (Å²) in [5.74, 6) is 0.317. The van der Waals surface area contributed by atoms with Gasteiger partial charge in [0.05, 0.1) is 24.2 Å². The Kier molecular flexibility index (Phi) is 5.73. The highest BCUT2D eigenvalue weighted by molar-refractivity contribution is 5.75. The Morgan fingerprint density at radius 3 is 2.44 bits per heavy atom. The summed E-state index contributed by atoms with van der Waals surface area (Å²) in [4.78, 5) is 6.32. The molecule has 25 heavy (non-hydrogen) atoms. The number of imidazole rings is 1. The number of aliphatic hydroxyl groups is 1. The quantitative estimate of drug-likeness (QED) is 0.680. The lowest BCUT2D eigenvalue weighted by Gasteiger charge is -2.21. The van der Waals surface area contributed by atoms with E-state index in [4.69, 9.17) is 0 Å². The number of rotatable bonds is 8. The molecular formula is C19H21F2N3O. The third kappa shape index (κ3) is 4.21. The molecule has 1 N–H and O–H groups in total. The van der Waals surface area contributed by atoms with Crippen molar-refractivity contribution in [1.82, 2.24) is 14.5 Å². The molecule has 3 rings (SSSR count). The highest BCUT2D eigenvalue weighted by atomic mass is 19.3. The zero-order valence-electron chi connectivity index (χ0n) is 13.9. The Balaban J connectivity index is 1.79. The van der Waals surface area contributed by atoms with Gasteiger partial charge in [-0.2, -0.15) is 8.78 Å². The molecule has 0 aliphatic heterocycles. The first kappa shape index (κ1) is 17.5. The summed E-state index contributed by atoms with van der Waals surface area (Å²) in [6.07, 6.45) is 0.787. The monoisotopic (exact) mass is 345 g/mol. The maximum absolute atomic E-state index is 13.5. The molecule has 0 aliphatic rings. The molecule has 2 aromatic carbocycles. The molecule has 3 aromatic rings. The zero-order valence-corrected chi connectivity index (χ0v) is 13.9. The van der Waals surface area contributed by atoms with E-state index in [0.29, 0.717) is 29.9 Å². The molecule has 0 fully saturated rings. The van der Waals surface area contributed by atoms with E-state index in [1.807, 2.05) is 35.2 Å². The summed E-state index contributed by atoms with van der Waals surface area (Å²) in [7, 11) is 0. The Labute approximate surface area is 145 Å². The number of para-hydroxylation sites is 2. The van der Waals surface area contributed by atoms with E-state index in [1.165, 1.54) is 5.56 Å². The van der Waals surface area contributed by atoms with Gasteiger partial charge in [-0.3, -0.25) is 9.47 Å². The van der Waals surface area contributed by atoms with E-state index in [1.54, 1.807) is 24.3 Å². The summed E-state index contributed by atoms with van der Waals surface area (Å²) >= 11 is 0. The van der Waals surface area contributed by atoms with Crippen molar-refractivity contribution in [3.05, 3.63) is 66.0 Å². The topological polar surface area (TPSA) is 41.3 Å². The number of aromatic nitrogens is 2. The van der Waals surface area contributed by atoms with Crippen molar-refractivity contribution in [2.75, 3.05) is 19.7 Å². The van der Waals surface area contributed by atoms with Gasteiger partial charge in [0.15, 0.2) is 0 Å². The normalized spacial score (nSPS) is 11.7. The first-order valence-electron chi connectivity index (χ1n) is 8.30. The van der Waals surface area contributed by atoms with Crippen molar-refractivity contribution < 1.29 is 13.9 Å². The average Bonchev–Trinajstić information content (AvgIpc) is 2.99. The van der Waals surface area contributed by atoms with Gasteiger partial charge < -0.3 is 5.11 Å². The van der Waals surface area contributed by atoms with Crippen molar-refractivity contribution in [1.29, 1.82) is 0 Å². The molecule has 1 aromatic heterocycles. The van der Waals surface area contributed by atoms with Crippen LogP contribution in [0.25, 0.3) is 11.0 Å². The van der Waals surface area contributed by atoms with Crippen LogP contribution in [0.2, 0.25) is 0 Å². The van der Waals surface area contributed by atoms with Crippen LogP contribution in [0.5, 0.6) is 0 Å². The van der Waals surface area contributed by atoms with Gasteiger partial charge in [0.1, 0.15) is 5.82 Å². The highest BCUT2D eigenvalue weighted by Gasteiger charge is 2.19. The Hall–Kier alpha value is -2.31. The van der Waals surface area contributed by atoms with Crippen LogP contribution in [0.3, 0.4) is 0 Å². The second kappa shape index (κ2) is 8.18. The lowest BCUT2D eigenvalue weighted by Crippen LogP contribution is -2.30. The predicted octanol–water partition coefficient (Wildman–Crippen LogP) is 3.47. The van der Waals surface area contributed by atoms with Gasteiger partial charge in [-0.1, -0.05) is 42.5 Å². The minimum absolute atomic E-state index is 0.0241. The molecule has 0 radical (unpaired) electrons. The summed E-state index contributed by atoms with van der Waals surface area (Å²) in [6, 6.07) is 16.9. The first-order chi connectivity index (χ1) is 12.2. The Morgan fingerprint density at radius 1 is 1.00 bits per heavy atom. The van der Waals surface area contributed by atoms with Gasteiger partial charge in [0.25, 0.3) is 0 Å². The Morgan fingerprint density at radius 2 is 1.72 bits per heavy atom. The molecule has 0 saturated heterocycles. The number of hydrogen-bond donors (Lipinski definition) is 1. The summed E-state index contributed by atoms with van der Waals surface area (Å²) in [5, 5.41) is 9.31. The van der Waals surface area contributed by atoms with E-state index >= 15 is 0 Å². The molecule has 0 spiro atoms. The predicted molar refractivity (Wildman–Crippen MR) is 93.5 cm³/mol. The fraction of sp³-hybridized carbons (Fsp3) is 0.316. The zero-order chi connectivity index (χ0) is 17.6. The van der Waals surface area contributed by atoms with Crippen molar-refractivity contribution in [3.63, 3.8) is 0 Å². The van der Waals surface area contributed by atoms with Gasteiger partial charge in [0, 0.05) is 13.1 Å². The smallest absolute Gasteiger partial charge is 0.320 e. The van der Waals surface area contributed by atoms with Crippen molar-refractivity contribution >= 4 is 11.0 Å². The molecule has 6 heteroatoms. The standard InChI is InChI=1S/C19H21F2N3O/c20-19(21)24-17-9-5-4-8-16(17)22-18(24)14-23(12-13-25)11-10-15-6-2-1-3-7-15/h1-9,19,25H,10-14H2. The van der Waals surface area contributed by atoms with Crippen molar-refractivity contribution in [2.45, 2.75) is 19.5 Å². The van der Waals surface area contributed by atoms with E-state index in [2.05, 4.69) is 4.98 Å². The SMILES string of the molecule is OCCN(CCc1ccccc1)Cc1nc2ccccc2n1C(F)F. The van der Waals surface area contributed by atoms with Gasteiger partial charge in [0.2, 0.25) is 0 Å². The van der Waals surface area contributed by atoms with Crippen molar-refractivity contribution in [2.24, 2.45) is 0 Å². The lowest BCUT2D eigenvalue weighted by atomic mass is 10.1. The molecule has 0 aliphatic carbocycles. The number of aliphatic hydroxyl groups excluding tert-OH is 1. The molecule has 0 bridgehead atoms. The molecule has 0 amide bonds. The number of benzene rings is 2.